The van der Waals surface area contributed by atoms with E-state index in [-0.39, 0.29) is 5.71 Å². The Morgan fingerprint density at radius 3 is 2.54 bits per heavy atom. The summed E-state index contributed by atoms with van der Waals surface area (Å²) in [6, 6.07) is 0. The number of rotatable bonds is 1. The van der Waals surface area contributed by atoms with Crippen molar-refractivity contribution in [1.29, 1.82) is 0 Å². The van der Waals surface area contributed by atoms with Crippen LogP contribution in [-0.2, 0) is 9.53 Å². The summed E-state index contributed by atoms with van der Waals surface area (Å²) in [6.45, 7) is 5.77. The Morgan fingerprint density at radius 1 is 1.54 bits per heavy atom. The molecule has 0 bridgehead atoms. The molecule has 1 rings (SSSR count). The predicted octanol–water partition coefficient (Wildman–Crippen LogP) is 1.07. The number of carbonyl (C=O) groups is 1. The van der Waals surface area contributed by atoms with Crippen molar-refractivity contribution in [2.75, 3.05) is 6.54 Å². The first kappa shape index (κ1) is 10.0. The zero-order valence-electron chi connectivity index (χ0n) is 8.29. The van der Waals surface area contributed by atoms with Gasteiger partial charge in [0.15, 0.2) is 6.54 Å². The second-order valence-corrected chi connectivity index (χ2v) is 4.15. The Bertz CT molecular complexity index is 250. The zero-order valence-corrected chi connectivity index (χ0v) is 8.29. The van der Waals surface area contributed by atoms with Crippen molar-refractivity contribution < 1.29 is 14.3 Å². The second-order valence-electron chi connectivity index (χ2n) is 4.15. The van der Waals surface area contributed by atoms with Crippen LogP contribution in [0.2, 0.25) is 0 Å². The molecular formula is C9H15NO3. The van der Waals surface area contributed by atoms with Gasteiger partial charge >= 0.3 is 5.97 Å². The van der Waals surface area contributed by atoms with Gasteiger partial charge in [-0.15, -0.1) is 0 Å². The molecule has 0 amide bonds. The third-order valence-electron chi connectivity index (χ3n) is 1.71. The van der Waals surface area contributed by atoms with Gasteiger partial charge in [-0.25, -0.2) is 9.53 Å². The van der Waals surface area contributed by atoms with Gasteiger partial charge in [0.05, 0.1) is 0 Å². The Morgan fingerprint density at radius 2 is 2.15 bits per heavy atom. The first-order chi connectivity index (χ1) is 5.90. The third kappa shape index (κ3) is 2.72. The van der Waals surface area contributed by atoms with E-state index in [9.17, 15) is 10.0 Å². The SMILES string of the molecule is CC(C)(C)OC(=O)C1=[N+]([O-])CCC1. The highest BCUT2D eigenvalue weighted by molar-refractivity contribution is 6.34. The molecule has 0 N–H and O–H groups in total. The normalized spacial score (nSPS) is 17.8. The molecule has 0 spiro atoms. The molecule has 0 aromatic rings. The minimum Gasteiger partial charge on any atom is -0.623 e. The Balaban J connectivity index is 2.64. The fourth-order valence-corrected chi connectivity index (χ4v) is 1.19. The Kier molecular flexibility index (Phi) is 2.59. The maximum absolute atomic E-state index is 11.4. The summed E-state index contributed by atoms with van der Waals surface area (Å²) in [5.74, 6) is -0.472. The maximum Gasteiger partial charge on any atom is 0.400 e. The largest absolute Gasteiger partial charge is 0.623 e. The van der Waals surface area contributed by atoms with Crippen LogP contribution in [-0.4, -0.2) is 28.6 Å². The molecule has 0 aliphatic carbocycles. The summed E-state index contributed by atoms with van der Waals surface area (Å²) >= 11 is 0. The molecule has 13 heavy (non-hydrogen) atoms. The molecule has 0 unspecified atom stereocenters. The number of hydroxylamine groups is 1. The number of nitrogens with zero attached hydrogens (tertiary/aromatic N) is 1. The van der Waals surface area contributed by atoms with Crippen molar-refractivity contribution in [2.24, 2.45) is 0 Å². The van der Waals surface area contributed by atoms with Gasteiger partial charge in [0.2, 0.25) is 0 Å². The average Bonchev–Trinajstić information content (AvgIpc) is 2.30. The predicted molar refractivity (Wildman–Crippen MR) is 48.6 cm³/mol. The molecule has 0 atom stereocenters. The number of hydrogen-bond acceptors (Lipinski definition) is 3. The summed E-state index contributed by atoms with van der Waals surface area (Å²) in [4.78, 5) is 11.4. The summed E-state index contributed by atoms with van der Waals surface area (Å²) in [6.07, 6.45) is 1.29. The van der Waals surface area contributed by atoms with Crippen LogP contribution in [0.1, 0.15) is 33.6 Å². The molecule has 1 heterocycles. The zero-order chi connectivity index (χ0) is 10.1. The highest BCUT2D eigenvalue weighted by Crippen LogP contribution is 2.11. The number of carbonyl (C=O) groups excluding carboxylic acids is 1. The van der Waals surface area contributed by atoms with Gasteiger partial charge in [-0.2, -0.15) is 0 Å². The van der Waals surface area contributed by atoms with Gasteiger partial charge in [0, 0.05) is 12.8 Å². The van der Waals surface area contributed by atoms with E-state index in [1.54, 1.807) is 20.8 Å². The number of ether oxygens (including phenoxy) is 1. The van der Waals surface area contributed by atoms with Crippen molar-refractivity contribution in [2.45, 2.75) is 39.2 Å². The quantitative estimate of drug-likeness (QED) is 0.349. The van der Waals surface area contributed by atoms with E-state index in [1.165, 1.54) is 0 Å². The van der Waals surface area contributed by atoms with Crippen LogP contribution < -0.4 is 0 Å². The minimum atomic E-state index is -0.520. The van der Waals surface area contributed by atoms with Crippen LogP contribution >= 0.6 is 0 Å². The van der Waals surface area contributed by atoms with Gasteiger partial charge in [-0.3, -0.25) is 0 Å². The van der Waals surface area contributed by atoms with Gasteiger partial charge in [-0.1, -0.05) is 0 Å². The minimum absolute atomic E-state index is 0.259. The molecule has 0 radical (unpaired) electrons. The van der Waals surface area contributed by atoms with Gasteiger partial charge in [-0.05, 0) is 20.8 Å². The molecule has 0 fully saturated rings. The summed E-state index contributed by atoms with van der Waals surface area (Å²) in [5, 5.41) is 11.1. The lowest BCUT2D eigenvalue weighted by atomic mass is 10.2. The van der Waals surface area contributed by atoms with E-state index in [0.717, 1.165) is 11.2 Å². The number of hydrogen-bond donors (Lipinski definition) is 0. The van der Waals surface area contributed by atoms with Crippen molar-refractivity contribution in [3.63, 3.8) is 0 Å². The lowest BCUT2D eigenvalue weighted by molar-refractivity contribution is -0.448. The monoisotopic (exact) mass is 185 g/mol. The van der Waals surface area contributed by atoms with Crippen LogP contribution in [0, 0.1) is 5.21 Å². The molecule has 1 aliphatic heterocycles. The molecule has 4 heteroatoms. The molecule has 1 aliphatic rings. The van der Waals surface area contributed by atoms with E-state index in [0.29, 0.717) is 13.0 Å². The second kappa shape index (κ2) is 3.36. The van der Waals surface area contributed by atoms with E-state index in [1.807, 2.05) is 0 Å². The third-order valence-corrected chi connectivity index (χ3v) is 1.71. The molecule has 0 saturated heterocycles. The van der Waals surface area contributed by atoms with E-state index in [2.05, 4.69) is 0 Å². The highest BCUT2D eigenvalue weighted by Gasteiger charge is 2.30. The van der Waals surface area contributed by atoms with Gasteiger partial charge in [0.25, 0.3) is 5.71 Å². The van der Waals surface area contributed by atoms with Gasteiger partial charge < -0.3 is 9.94 Å². The Labute approximate surface area is 77.8 Å². The van der Waals surface area contributed by atoms with E-state index in [4.69, 9.17) is 4.74 Å². The topological polar surface area (TPSA) is 52.4 Å². The fraction of sp³-hybridized carbons (Fsp3) is 0.778. The van der Waals surface area contributed by atoms with Crippen LogP contribution in [0.4, 0.5) is 0 Å². The van der Waals surface area contributed by atoms with E-state index < -0.39 is 11.6 Å². The lowest BCUT2D eigenvalue weighted by Crippen LogP contribution is -2.30. The molecule has 4 nitrogen and oxygen atoms in total. The van der Waals surface area contributed by atoms with Crippen molar-refractivity contribution >= 4 is 11.7 Å². The molecule has 0 aromatic carbocycles. The van der Waals surface area contributed by atoms with Crippen LogP contribution in [0.5, 0.6) is 0 Å². The first-order valence-corrected chi connectivity index (χ1v) is 4.44. The average molecular weight is 185 g/mol. The standard InChI is InChI=1S/C9H15NO3/c1-9(2,3)13-8(11)7-5-4-6-10(7)12/h4-6H2,1-3H3. The van der Waals surface area contributed by atoms with Crippen molar-refractivity contribution in [1.82, 2.24) is 0 Å². The molecule has 0 saturated carbocycles. The highest BCUT2D eigenvalue weighted by atomic mass is 16.6. The van der Waals surface area contributed by atoms with Crippen molar-refractivity contribution in [3.05, 3.63) is 5.21 Å². The lowest BCUT2D eigenvalue weighted by Gasteiger charge is -2.18. The first-order valence-electron chi connectivity index (χ1n) is 4.44. The van der Waals surface area contributed by atoms with E-state index >= 15 is 0 Å². The summed E-state index contributed by atoms with van der Waals surface area (Å²) < 4.78 is 5.80. The smallest absolute Gasteiger partial charge is 0.400 e. The van der Waals surface area contributed by atoms with Crippen LogP contribution in [0.15, 0.2) is 0 Å². The molecular weight excluding hydrogens is 170 g/mol. The van der Waals surface area contributed by atoms with Crippen molar-refractivity contribution in [3.8, 4) is 0 Å². The summed E-state index contributed by atoms with van der Waals surface area (Å²) in [5.41, 5.74) is -0.261. The van der Waals surface area contributed by atoms with Crippen LogP contribution in [0.3, 0.4) is 0 Å². The molecule has 74 valence electrons. The summed E-state index contributed by atoms with van der Waals surface area (Å²) in [7, 11) is 0. The fourth-order valence-electron chi connectivity index (χ4n) is 1.19. The molecule has 0 aromatic heterocycles. The maximum atomic E-state index is 11.4. The Hall–Kier alpha value is -1.06. The van der Waals surface area contributed by atoms with Crippen LogP contribution in [0.25, 0.3) is 0 Å². The van der Waals surface area contributed by atoms with Gasteiger partial charge in [0.1, 0.15) is 5.60 Å². The number of esters is 1.